The molecule has 49 heavy (non-hydrogen) atoms. The van der Waals surface area contributed by atoms with Crippen LogP contribution in [0.3, 0.4) is 0 Å². The lowest BCUT2D eigenvalue weighted by Gasteiger charge is -2.44. The Morgan fingerprint density at radius 3 is 2.61 bits per heavy atom. The highest BCUT2D eigenvalue weighted by molar-refractivity contribution is 7.23. The van der Waals surface area contributed by atoms with E-state index in [0.717, 1.165) is 37.6 Å². The molecule has 1 amide bonds. The van der Waals surface area contributed by atoms with Crippen LogP contribution in [0, 0.1) is 18.2 Å². The van der Waals surface area contributed by atoms with E-state index in [0.29, 0.717) is 11.3 Å². The molecule has 4 heterocycles. The summed E-state index contributed by atoms with van der Waals surface area (Å²) in [5.74, 6) is -2.42. The number of anilines is 2. The molecule has 0 aliphatic carbocycles. The van der Waals surface area contributed by atoms with Gasteiger partial charge in [-0.3, -0.25) is 9.69 Å². The third kappa shape index (κ3) is 5.80. The van der Waals surface area contributed by atoms with Crippen LogP contribution in [-0.2, 0) is 11.0 Å². The van der Waals surface area contributed by atoms with Crippen molar-refractivity contribution >= 4 is 54.7 Å². The number of amides is 1. The molecular weight excluding hydrogens is 665 g/mol. The number of hydrogen-bond donors (Lipinski definition) is 1. The normalized spacial score (nSPS) is 21.8. The summed E-state index contributed by atoms with van der Waals surface area (Å²) in [4.78, 5) is 30.3. The topological polar surface area (TPSA) is 92.2 Å². The molecule has 3 atom stereocenters. The number of fused-ring (bicyclic) bond motifs is 2. The summed E-state index contributed by atoms with van der Waals surface area (Å²) in [6, 6.07) is 1.67. The van der Waals surface area contributed by atoms with Gasteiger partial charge in [-0.2, -0.15) is 23.1 Å². The van der Waals surface area contributed by atoms with E-state index in [-0.39, 0.29) is 74.7 Å². The van der Waals surface area contributed by atoms with E-state index in [1.54, 1.807) is 23.6 Å². The molecule has 15 heteroatoms. The third-order valence-corrected chi connectivity index (χ3v) is 10.7. The smallest absolute Gasteiger partial charge is 0.417 e. The number of aromatic nitrogens is 2. The lowest BCUT2D eigenvalue weighted by atomic mass is 9.93. The summed E-state index contributed by atoms with van der Waals surface area (Å²) in [6.45, 7) is 18.1. The Morgan fingerprint density at radius 1 is 1.24 bits per heavy atom. The molecule has 2 fully saturated rings. The summed E-state index contributed by atoms with van der Waals surface area (Å²) in [6.07, 6.45) is -2.13. The highest BCUT2D eigenvalue weighted by atomic mass is 32.1. The van der Waals surface area contributed by atoms with Crippen LogP contribution in [-0.4, -0.2) is 76.6 Å². The van der Waals surface area contributed by atoms with Crippen LogP contribution in [0.1, 0.15) is 39.2 Å². The molecule has 258 valence electrons. The number of thiophene rings is 1. The zero-order valence-electron chi connectivity index (χ0n) is 27.3. The van der Waals surface area contributed by atoms with Crippen molar-refractivity contribution in [2.24, 2.45) is 0 Å². The number of halogens is 5. The molecule has 2 aromatic heterocycles. The number of hydrogen-bond acceptors (Lipinski definition) is 8. The largest absolute Gasteiger partial charge is 0.461 e. The molecule has 2 N–H and O–H groups in total. The molecular formula is C34H34F5N7O2S. The number of likely N-dealkylation sites (N-methyl/N-ethyl adjacent to an activating group) is 1. The second-order valence-corrected chi connectivity index (χ2v) is 14.0. The zero-order valence-corrected chi connectivity index (χ0v) is 28.1. The predicted molar refractivity (Wildman–Crippen MR) is 180 cm³/mol. The van der Waals surface area contributed by atoms with Crippen molar-refractivity contribution in [2.45, 2.75) is 57.4 Å². The lowest BCUT2D eigenvalue weighted by Crippen LogP contribution is -2.58. The Labute approximate surface area is 283 Å². The quantitative estimate of drug-likeness (QED) is 0.127. The molecule has 4 aromatic rings. The van der Waals surface area contributed by atoms with E-state index in [4.69, 9.17) is 17.0 Å². The van der Waals surface area contributed by atoms with Gasteiger partial charge in [0.05, 0.1) is 27.4 Å². The van der Waals surface area contributed by atoms with Crippen LogP contribution in [0.5, 0.6) is 6.01 Å². The fourth-order valence-electron chi connectivity index (χ4n) is 6.86. The number of benzene rings is 2. The standard InChI is InChI=1S/C34H34F5N7O2S/c1-7-23(47)45-14-18(3)46(15-17(45)2)31-20-13-21(34(37,38)39)24(19-9-10-22(35)29-25(19)28(41-5)30(40)49-29)26(36)27(20)42-32(43-31)48-16-33(4)11-8-12-44(33)6/h7,9-10,13,17-18H,1,8,11-12,14-16,40H2,2-4,6H3. The van der Waals surface area contributed by atoms with E-state index in [2.05, 4.69) is 26.3 Å². The Hall–Kier alpha value is -4.55. The Kier molecular flexibility index (Phi) is 8.69. The highest BCUT2D eigenvalue weighted by Crippen LogP contribution is 2.50. The lowest BCUT2D eigenvalue weighted by molar-refractivity contribution is -0.137. The van der Waals surface area contributed by atoms with E-state index in [9.17, 15) is 22.4 Å². The molecule has 0 saturated carbocycles. The summed E-state index contributed by atoms with van der Waals surface area (Å²) in [7, 11) is 1.96. The fourth-order valence-corrected chi connectivity index (χ4v) is 7.80. The zero-order chi connectivity index (χ0) is 35.6. The Morgan fingerprint density at radius 2 is 1.98 bits per heavy atom. The second-order valence-electron chi connectivity index (χ2n) is 12.9. The van der Waals surface area contributed by atoms with Crippen molar-refractivity contribution in [2.75, 3.05) is 43.9 Å². The SMILES string of the molecule is [C-]#[N+]c1c(N)sc2c(F)ccc(-c3c(C(F)(F)F)cc4c(N5CC(C)N(C(=O)C=C)CC5C)nc(OCC5(C)CCCN5C)nc4c3F)c12. The van der Waals surface area contributed by atoms with Gasteiger partial charge < -0.3 is 20.3 Å². The molecule has 6 rings (SSSR count). The monoisotopic (exact) mass is 699 g/mol. The van der Waals surface area contributed by atoms with Crippen LogP contribution in [0.2, 0.25) is 0 Å². The number of nitrogens with two attached hydrogens (primary N) is 1. The molecule has 2 saturated heterocycles. The van der Waals surface area contributed by atoms with Gasteiger partial charge >= 0.3 is 12.2 Å². The first-order chi connectivity index (χ1) is 23.1. The van der Waals surface area contributed by atoms with Gasteiger partial charge in [-0.25, -0.2) is 13.6 Å². The summed E-state index contributed by atoms with van der Waals surface area (Å²) in [5, 5.41) is -0.537. The number of carbonyl (C=O) groups excluding carboxylic acids is 1. The van der Waals surface area contributed by atoms with Gasteiger partial charge in [-0.1, -0.05) is 12.6 Å². The van der Waals surface area contributed by atoms with Crippen LogP contribution >= 0.6 is 11.3 Å². The van der Waals surface area contributed by atoms with Crippen LogP contribution in [0.15, 0.2) is 30.9 Å². The maximum atomic E-state index is 17.1. The molecule has 2 aliphatic rings. The summed E-state index contributed by atoms with van der Waals surface area (Å²) >= 11 is 0.703. The molecule has 0 bridgehead atoms. The van der Waals surface area contributed by atoms with Crippen molar-refractivity contribution < 1.29 is 31.5 Å². The van der Waals surface area contributed by atoms with Gasteiger partial charge in [-0.15, -0.1) is 11.3 Å². The number of carbonyl (C=O) groups is 1. The average molecular weight is 700 g/mol. The average Bonchev–Trinajstić information content (AvgIpc) is 3.58. The second kappa shape index (κ2) is 12.4. The fraction of sp³-hybridized carbons (Fsp3) is 0.412. The summed E-state index contributed by atoms with van der Waals surface area (Å²) < 4.78 is 82.9. The van der Waals surface area contributed by atoms with Crippen molar-refractivity contribution in [3.8, 4) is 17.1 Å². The maximum Gasteiger partial charge on any atom is 0.417 e. The van der Waals surface area contributed by atoms with Crippen LogP contribution in [0.25, 0.3) is 37.0 Å². The first kappa shape index (κ1) is 34.3. The van der Waals surface area contributed by atoms with Crippen molar-refractivity contribution in [1.82, 2.24) is 19.8 Å². The highest BCUT2D eigenvalue weighted by Gasteiger charge is 2.40. The number of nitrogens with zero attached hydrogens (tertiary/aromatic N) is 6. The molecule has 9 nitrogen and oxygen atoms in total. The Bertz CT molecular complexity index is 2040. The number of likely N-dealkylation sites (tertiary alicyclic amines) is 1. The molecule has 2 aliphatic heterocycles. The van der Waals surface area contributed by atoms with Crippen molar-refractivity contribution in [1.29, 1.82) is 0 Å². The van der Waals surface area contributed by atoms with Crippen molar-refractivity contribution in [3.05, 3.63) is 59.5 Å². The number of rotatable bonds is 6. The molecule has 3 unspecified atom stereocenters. The minimum atomic E-state index is -5.09. The first-order valence-corrected chi connectivity index (χ1v) is 16.4. The maximum absolute atomic E-state index is 17.1. The van der Waals surface area contributed by atoms with E-state index >= 15 is 4.39 Å². The number of nitrogen functional groups attached to an aromatic ring is 1. The minimum Gasteiger partial charge on any atom is -0.461 e. The van der Waals surface area contributed by atoms with Gasteiger partial charge in [0.2, 0.25) is 11.6 Å². The van der Waals surface area contributed by atoms with Gasteiger partial charge in [0.15, 0.2) is 5.82 Å². The molecule has 0 spiro atoms. The summed E-state index contributed by atoms with van der Waals surface area (Å²) in [5.41, 5.74) is 2.29. The third-order valence-electron chi connectivity index (χ3n) is 9.73. The molecule has 0 radical (unpaired) electrons. The van der Waals surface area contributed by atoms with Crippen molar-refractivity contribution in [3.63, 3.8) is 0 Å². The first-order valence-electron chi connectivity index (χ1n) is 15.6. The van der Waals surface area contributed by atoms with E-state index in [1.807, 2.05) is 14.0 Å². The van der Waals surface area contributed by atoms with E-state index < -0.39 is 46.5 Å². The number of ether oxygens (including phenoxy) is 1. The minimum absolute atomic E-state index is 0.0109. The Balaban J connectivity index is 1.62. The predicted octanol–water partition coefficient (Wildman–Crippen LogP) is 7.42. The number of alkyl halides is 3. The number of piperazine rings is 1. The van der Waals surface area contributed by atoms with Gasteiger partial charge in [0.25, 0.3) is 0 Å². The van der Waals surface area contributed by atoms with Gasteiger partial charge in [0.1, 0.15) is 23.8 Å². The van der Waals surface area contributed by atoms with Crippen LogP contribution in [0.4, 0.5) is 38.5 Å². The molecule has 2 aromatic carbocycles. The van der Waals surface area contributed by atoms with Gasteiger partial charge in [-0.05, 0) is 71.0 Å². The van der Waals surface area contributed by atoms with Gasteiger partial charge in [0, 0.05) is 41.5 Å². The van der Waals surface area contributed by atoms with Crippen LogP contribution < -0.4 is 15.4 Å². The van der Waals surface area contributed by atoms with E-state index in [1.165, 1.54) is 6.08 Å².